The van der Waals surface area contributed by atoms with Crippen molar-refractivity contribution in [3.05, 3.63) is 0 Å². The van der Waals surface area contributed by atoms with Gasteiger partial charge in [-0.05, 0) is 31.2 Å². The molecule has 2 N–H and O–H groups in total. The molecule has 0 radical (unpaired) electrons. The Morgan fingerprint density at radius 2 is 2.19 bits per heavy atom. The quantitative estimate of drug-likeness (QED) is 0.779. The second kappa shape index (κ2) is 4.62. The molecule has 1 saturated heterocycles. The maximum Gasteiger partial charge on any atom is 0.320 e. The van der Waals surface area contributed by atoms with Crippen molar-refractivity contribution in [2.24, 2.45) is 17.6 Å². The summed E-state index contributed by atoms with van der Waals surface area (Å²) >= 11 is 0. The second-order valence-electron chi connectivity index (χ2n) is 5.40. The Balaban J connectivity index is 1.93. The van der Waals surface area contributed by atoms with Crippen LogP contribution in [0.3, 0.4) is 0 Å². The number of nitrogens with zero attached hydrogens (tertiary/aromatic N) is 2. The van der Waals surface area contributed by atoms with Crippen LogP contribution in [0.4, 0.5) is 4.79 Å². The van der Waals surface area contributed by atoms with E-state index >= 15 is 0 Å². The first-order valence-electron chi connectivity index (χ1n) is 6.35. The minimum Gasteiger partial charge on any atom is -0.330 e. The zero-order chi connectivity index (χ0) is 11.7. The van der Waals surface area contributed by atoms with Gasteiger partial charge in [0, 0.05) is 20.1 Å². The largest absolute Gasteiger partial charge is 0.330 e. The number of carbonyl (C=O) groups is 1. The summed E-state index contributed by atoms with van der Waals surface area (Å²) in [4.78, 5) is 15.9. The molecular weight excluding hydrogens is 202 g/mol. The van der Waals surface area contributed by atoms with E-state index in [1.165, 1.54) is 19.3 Å². The third-order valence-corrected chi connectivity index (χ3v) is 4.11. The third-order valence-electron chi connectivity index (χ3n) is 4.11. The van der Waals surface area contributed by atoms with E-state index in [0.717, 1.165) is 19.0 Å². The van der Waals surface area contributed by atoms with E-state index in [-0.39, 0.29) is 6.03 Å². The monoisotopic (exact) mass is 225 g/mol. The Kier molecular flexibility index (Phi) is 3.38. The highest BCUT2D eigenvalue weighted by Crippen LogP contribution is 2.35. The van der Waals surface area contributed by atoms with Crippen molar-refractivity contribution in [1.29, 1.82) is 0 Å². The van der Waals surface area contributed by atoms with Crippen LogP contribution >= 0.6 is 0 Å². The van der Waals surface area contributed by atoms with Gasteiger partial charge in [-0.3, -0.25) is 0 Å². The van der Waals surface area contributed by atoms with E-state index in [1.54, 1.807) is 0 Å². The van der Waals surface area contributed by atoms with Crippen LogP contribution in [0.1, 0.15) is 26.2 Å². The van der Waals surface area contributed by atoms with Crippen molar-refractivity contribution >= 4 is 6.03 Å². The van der Waals surface area contributed by atoms with Crippen LogP contribution in [0.5, 0.6) is 0 Å². The third kappa shape index (κ3) is 2.03. The number of likely N-dealkylation sites (N-methyl/N-ethyl adjacent to an activating group) is 1. The van der Waals surface area contributed by atoms with Crippen LogP contribution in [0.25, 0.3) is 0 Å². The van der Waals surface area contributed by atoms with Crippen LogP contribution < -0.4 is 5.73 Å². The molecule has 16 heavy (non-hydrogen) atoms. The predicted molar refractivity (Wildman–Crippen MR) is 64.1 cm³/mol. The molecule has 0 aromatic heterocycles. The molecule has 1 heterocycles. The smallest absolute Gasteiger partial charge is 0.320 e. The number of hydrogen-bond acceptors (Lipinski definition) is 2. The first-order valence-corrected chi connectivity index (χ1v) is 6.35. The molecule has 0 aromatic rings. The molecule has 4 nitrogen and oxygen atoms in total. The van der Waals surface area contributed by atoms with Gasteiger partial charge in [0.05, 0.1) is 6.04 Å². The van der Waals surface area contributed by atoms with Gasteiger partial charge >= 0.3 is 6.03 Å². The Morgan fingerprint density at radius 3 is 2.69 bits per heavy atom. The normalized spacial score (nSPS) is 28.4. The van der Waals surface area contributed by atoms with Gasteiger partial charge in [-0.1, -0.05) is 13.3 Å². The minimum absolute atomic E-state index is 0.192. The SMILES string of the molecule is CC(CN)CN1CC(C2CCC2)N(C)C1=O. The van der Waals surface area contributed by atoms with Gasteiger partial charge < -0.3 is 15.5 Å². The average molecular weight is 225 g/mol. The highest BCUT2D eigenvalue weighted by atomic mass is 16.2. The fraction of sp³-hybridized carbons (Fsp3) is 0.917. The van der Waals surface area contributed by atoms with Crippen molar-refractivity contribution in [3.8, 4) is 0 Å². The summed E-state index contributed by atoms with van der Waals surface area (Å²) in [5.41, 5.74) is 5.61. The summed E-state index contributed by atoms with van der Waals surface area (Å²) in [6.07, 6.45) is 3.92. The van der Waals surface area contributed by atoms with E-state index in [0.29, 0.717) is 18.5 Å². The minimum atomic E-state index is 0.192. The molecule has 2 atom stereocenters. The zero-order valence-corrected chi connectivity index (χ0v) is 10.4. The van der Waals surface area contributed by atoms with Crippen LogP contribution in [0, 0.1) is 11.8 Å². The highest BCUT2D eigenvalue weighted by Gasteiger charge is 2.41. The van der Waals surface area contributed by atoms with Gasteiger partial charge in [-0.15, -0.1) is 0 Å². The standard InChI is InChI=1S/C12H23N3O/c1-9(6-13)7-15-8-11(10-4-3-5-10)14(2)12(15)16/h9-11H,3-8,13H2,1-2H3. The molecule has 2 rings (SSSR count). The Bertz CT molecular complexity index is 265. The lowest BCUT2D eigenvalue weighted by molar-refractivity contribution is 0.163. The molecule has 2 amide bonds. The van der Waals surface area contributed by atoms with Crippen molar-refractivity contribution in [2.75, 3.05) is 26.7 Å². The van der Waals surface area contributed by atoms with Crippen LogP contribution in [-0.2, 0) is 0 Å². The number of urea groups is 1. The van der Waals surface area contributed by atoms with Gasteiger partial charge in [-0.2, -0.15) is 0 Å². The van der Waals surface area contributed by atoms with E-state index in [9.17, 15) is 4.79 Å². The summed E-state index contributed by atoms with van der Waals surface area (Å²) in [5.74, 6) is 1.14. The summed E-state index contributed by atoms with van der Waals surface area (Å²) in [6, 6.07) is 0.642. The average Bonchev–Trinajstić information content (AvgIpc) is 2.45. The van der Waals surface area contributed by atoms with Crippen LogP contribution in [0.2, 0.25) is 0 Å². The highest BCUT2D eigenvalue weighted by molar-refractivity contribution is 5.77. The Morgan fingerprint density at radius 1 is 1.50 bits per heavy atom. The van der Waals surface area contributed by atoms with Gasteiger partial charge in [0.15, 0.2) is 0 Å². The van der Waals surface area contributed by atoms with Crippen molar-refractivity contribution < 1.29 is 4.79 Å². The van der Waals surface area contributed by atoms with E-state index in [1.807, 2.05) is 16.8 Å². The van der Waals surface area contributed by atoms with E-state index in [2.05, 4.69) is 6.92 Å². The van der Waals surface area contributed by atoms with Crippen LogP contribution in [-0.4, -0.2) is 48.6 Å². The maximum absolute atomic E-state index is 12.0. The second-order valence-corrected chi connectivity index (χ2v) is 5.40. The molecule has 92 valence electrons. The molecule has 2 aliphatic rings. The number of carbonyl (C=O) groups excluding carboxylic acids is 1. The van der Waals surface area contributed by atoms with Gasteiger partial charge in [0.25, 0.3) is 0 Å². The van der Waals surface area contributed by atoms with Gasteiger partial charge in [0.1, 0.15) is 0 Å². The molecule has 1 aliphatic carbocycles. The number of amides is 2. The first-order chi connectivity index (χ1) is 7.63. The Labute approximate surface area is 97.8 Å². The summed E-state index contributed by atoms with van der Waals surface area (Å²) in [7, 11) is 1.94. The number of nitrogens with two attached hydrogens (primary N) is 1. The van der Waals surface area contributed by atoms with Crippen molar-refractivity contribution in [2.45, 2.75) is 32.2 Å². The molecule has 0 spiro atoms. The lowest BCUT2D eigenvalue weighted by atomic mass is 9.79. The lowest BCUT2D eigenvalue weighted by Gasteiger charge is -2.34. The topological polar surface area (TPSA) is 49.6 Å². The maximum atomic E-state index is 12.0. The molecule has 0 aromatic carbocycles. The molecule has 2 fully saturated rings. The Hall–Kier alpha value is -0.770. The zero-order valence-electron chi connectivity index (χ0n) is 10.4. The summed E-state index contributed by atoms with van der Waals surface area (Å²) < 4.78 is 0. The molecule has 0 bridgehead atoms. The van der Waals surface area contributed by atoms with Crippen molar-refractivity contribution in [1.82, 2.24) is 9.80 Å². The first kappa shape index (κ1) is 11.7. The van der Waals surface area contributed by atoms with E-state index < -0.39 is 0 Å². The fourth-order valence-electron chi connectivity index (χ4n) is 2.68. The fourth-order valence-corrected chi connectivity index (χ4v) is 2.68. The summed E-state index contributed by atoms with van der Waals surface area (Å²) in [6.45, 7) is 4.47. The lowest BCUT2D eigenvalue weighted by Crippen LogP contribution is -2.39. The molecule has 1 saturated carbocycles. The number of rotatable bonds is 4. The molecular formula is C12H23N3O. The summed E-state index contributed by atoms with van der Waals surface area (Å²) in [5, 5.41) is 0. The molecule has 1 aliphatic heterocycles. The predicted octanol–water partition coefficient (Wildman–Crippen LogP) is 1.12. The van der Waals surface area contributed by atoms with E-state index in [4.69, 9.17) is 5.73 Å². The number of hydrogen-bond donors (Lipinski definition) is 1. The molecule has 2 unspecified atom stereocenters. The van der Waals surface area contributed by atoms with Gasteiger partial charge in [0.2, 0.25) is 0 Å². The van der Waals surface area contributed by atoms with Crippen LogP contribution in [0.15, 0.2) is 0 Å². The molecule has 4 heteroatoms. The van der Waals surface area contributed by atoms with Crippen molar-refractivity contribution in [3.63, 3.8) is 0 Å². The van der Waals surface area contributed by atoms with Gasteiger partial charge in [-0.25, -0.2) is 4.79 Å².